The average molecular weight is 226 g/mol. The molecule has 0 saturated heterocycles. The van der Waals surface area contributed by atoms with Crippen molar-refractivity contribution in [1.29, 1.82) is 0 Å². The van der Waals surface area contributed by atoms with Crippen molar-refractivity contribution >= 4 is 16.6 Å². The van der Waals surface area contributed by atoms with Gasteiger partial charge in [0.15, 0.2) is 0 Å². The number of hydrogen-bond donors (Lipinski definition) is 2. The minimum atomic E-state index is 0.276. The van der Waals surface area contributed by atoms with Crippen LogP contribution in [0.5, 0.6) is 5.75 Å². The second kappa shape index (κ2) is 4.09. The number of fused-ring (bicyclic) bond motifs is 1. The lowest BCUT2D eigenvalue weighted by atomic mass is 10.1. The van der Waals surface area contributed by atoms with Crippen LogP contribution >= 0.6 is 0 Å². The molecule has 3 heteroatoms. The van der Waals surface area contributed by atoms with Crippen LogP contribution in [0.2, 0.25) is 0 Å². The lowest BCUT2D eigenvalue weighted by Gasteiger charge is -2.14. The monoisotopic (exact) mass is 226 g/mol. The Morgan fingerprint density at radius 3 is 2.82 bits per heavy atom. The molecule has 0 unspecified atom stereocenters. The fourth-order valence-electron chi connectivity index (χ4n) is 2.20. The molecule has 1 aliphatic rings. The van der Waals surface area contributed by atoms with Crippen molar-refractivity contribution in [2.24, 2.45) is 0 Å². The minimum absolute atomic E-state index is 0.276. The Hall–Kier alpha value is -2.03. The van der Waals surface area contributed by atoms with Crippen LogP contribution < -0.4 is 5.32 Å². The molecule has 0 radical (unpaired) electrons. The highest BCUT2D eigenvalue weighted by atomic mass is 16.3. The van der Waals surface area contributed by atoms with E-state index in [1.165, 1.54) is 0 Å². The summed E-state index contributed by atoms with van der Waals surface area (Å²) in [6, 6.07) is 7.74. The summed E-state index contributed by atoms with van der Waals surface area (Å²) in [6.07, 6.45) is 8.23. The number of benzene rings is 1. The average Bonchev–Trinajstić information content (AvgIpc) is 2.83. The SMILES string of the molecule is Oc1ccc2ccnc(NC3CC=CC3)c2c1. The van der Waals surface area contributed by atoms with Crippen molar-refractivity contribution < 1.29 is 5.11 Å². The molecule has 1 aliphatic carbocycles. The molecule has 0 saturated carbocycles. The van der Waals surface area contributed by atoms with Gasteiger partial charge in [0.05, 0.1) is 0 Å². The fourth-order valence-corrected chi connectivity index (χ4v) is 2.20. The van der Waals surface area contributed by atoms with E-state index in [0.29, 0.717) is 6.04 Å². The lowest BCUT2D eigenvalue weighted by Crippen LogP contribution is -2.16. The van der Waals surface area contributed by atoms with Crippen LogP contribution in [0.15, 0.2) is 42.6 Å². The predicted molar refractivity (Wildman–Crippen MR) is 69.2 cm³/mol. The Labute approximate surface area is 99.8 Å². The van der Waals surface area contributed by atoms with Crippen molar-refractivity contribution in [3.05, 3.63) is 42.6 Å². The van der Waals surface area contributed by atoms with Crippen molar-refractivity contribution in [3.8, 4) is 5.75 Å². The molecule has 2 N–H and O–H groups in total. The molecule has 3 nitrogen and oxygen atoms in total. The molecular formula is C14H14N2O. The van der Waals surface area contributed by atoms with Crippen LogP contribution in [0.1, 0.15) is 12.8 Å². The molecule has 0 aliphatic heterocycles. The van der Waals surface area contributed by atoms with Gasteiger partial charge in [0.1, 0.15) is 11.6 Å². The second-order valence-electron chi connectivity index (χ2n) is 4.35. The van der Waals surface area contributed by atoms with Gasteiger partial charge < -0.3 is 10.4 Å². The highest BCUT2D eigenvalue weighted by molar-refractivity contribution is 5.92. The van der Waals surface area contributed by atoms with Crippen molar-refractivity contribution in [3.63, 3.8) is 0 Å². The Bertz CT molecular complexity index is 569. The molecule has 2 aromatic rings. The molecule has 86 valence electrons. The molecule has 17 heavy (non-hydrogen) atoms. The molecule has 0 bridgehead atoms. The topological polar surface area (TPSA) is 45.2 Å². The van der Waals surface area contributed by atoms with Crippen molar-refractivity contribution in [1.82, 2.24) is 4.98 Å². The maximum absolute atomic E-state index is 9.55. The third kappa shape index (κ3) is 1.96. The van der Waals surface area contributed by atoms with Crippen LogP contribution in [-0.4, -0.2) is 16.1 Å². The van der Waals surface area contributed by atoms with Crippen LogP contribution in [0.3, 0.4) is 0 Å². The number of hydrogen-bond acceptors (Lipinski definition) is 3. The van der Waals surface area contributed by atoms with Gasteiger partial charge in [-0.25, -0.2) is 4.98 Å². The molecule has 0 fully saturated rings. The highest BCUT2D eigenvalue weighted by Gasteiger charge is 2.12. The molecule has 1 aromatic heterocycles. The number of nitrogens with zero attached hydrogens (tertiary/aromatic N) is 1. The van der Waals surface area contributed by atoms with E-state index >= 15 is 0 Å². The summed E-state index contributed by atoms with van der Waals surface area (Å²) in [5, 5.41) is 15.0. The first-order valence-electron chi connectivity index (χ1n) is 5.82. The van der Waals surface area contributed by atoms with E-state index in [-0.39, 0.29) is 5.75 Å². The maximum atomic E-state index is 9.55. The van der Waals surface area contributed by atoms with Gasteiger partial charge in [-0.05, 0) is 36.4 Å². The number of phenolic OH excluding ortho intramolecular Hbond substituents is 1. The smallest absolute Gasteiger partial charge is 0.134 e. The van der Waals surface area contributed by atoms with E-state index < -0.39 is 0 Å². The minimum Gasteiger partial charge on any atom is -0.508 e. The molecule has 1 heterocycles. The van der Waals surface area contributed by atoms with Gasteiger partial charge in [0.25, 0.3) is 0 Å². The number of rotatable bonds is 2. The largest absolute Gasteiger partial charge is 0.508 e. The Morgan fingerprint density at radius 2 is 2.00 bits per heavy atom. The van der Waals surface area contributed by atoms with E-state index in [4.69, 9.17) is 0 Å². The van der Waals surface area contributed by atoms with Gasteiger partial charge in [-0.2, -0.15) is 0 Å². The van der Waals surface area contributed by atoms with Gasteiger partial charge in [0, 0.05) is 17.6 Å². The Kier molecular flexibility index (Phi) is 2.44. The maximum Gasteiger partial charge on any atom is 0.134 e. The van der Waals surface area contributed by atoms with Crippen LogP contribution in [0.4, 0.5) is 5.82 Å². The van der Waals surface area contributed by atoms with Crippen LogP contribution in [-0.2, 0) is 0 Å². The molecule has 0 spiro atoms. The Balaban J connectivity index is 2.00. The first-order chi connectivity index (χ1) is 8.33. The number of aromatic hydroxyl groups is 1. The molecule has 0 amide bonds. The van der Waals surface area contributed by atoms with E-state index in [1.807, 2.05) is 12.1 Å². The number of anilines is 1. The summed E-state index contributed by atoms with van der Waals surface area (Å²) in [4.78, 5) is 4.36. The lowest BCUT2D eigenvalue weighted by molar-refractivity contribution is 0.476. The van der Waals surface area contributed by atoms with Gasteiger partial charge in [-0.15, -0.1) is 0 Å². The summed E-state index contributed by atoms with van der Waals surface area (Å²) >= 11 is 0. The summed E-state index contributed by atoms with van der Waals surface area (Å²) < 4.78 is 0. The van der Waals surface area contributed by atoms with Crippen LogP contribution in [0, 0.1) is 0 Å². The third-order valence-corrected chi connectivity index (χ3v) is 3.10. The van der Waals surface area contributed by atoms with Gasteiger partial charge >= 0.3 is 0 Å². The molecule has 3 rings (SSSR count). The summed E-state index contributed by atoms with van der Waals surface area (Å²) in [5.41, 5.74) is 0. The number of pyridine rings is 1. The zero-order chi connectivity index (χ0) is 11.7. The fraction of sp³-hybridized carbons (Fsp3) is 0.214. The first-order valence-corrected chi connectivity index (χ1v) is 5.82. The van der Waals surface area contributed by atoms with Gasteiger partial charge in [-0.3, -0.25) is 0 Å². The molecule has 0 atom stereocenters. The predicted octanol–water partition coefficient (Wildman–Crippen LogP) is 3.07. The Morgan fingerprint density at radius 1 is 1.18 bits per heavy atom. The normalized spacial score (nSPS) is 15.5. The standard InChI is InChI=1S/C14H14N2O/c17-12-6-5-10-7-8-15-14(13(10)9-12)16-11-3-1-2-4-11/h1-2,5-9,11,17H,3-4H2,(H,15,16). The van der Waals surface area contributed by atoms with Crippen molar-refractivity contribution in [2.45, 2.75) is 18.9 Å². The van der Waals surface area contributed by atoms with E-state index in [9.17, 15) is 5.11 Å². The number of phenols is 1. The summed E-state index contributed by atoms with van der Waals surface area (Å²) in [5.74, 6) is 1.13. The highest BCUT2D eigenvalue weighted by Crippen LogP contribution is 2.26. The van der Waals surface area contributed by atoms with E-state index in [1.54, 1.807) is 18.3 Å². The summed E-state index contributed by atoms with van der Waals surface area (Å²) in [7, 11) is 0. The first kappa shape index (κ1) is 10.1. The second-order valence-corrected chi connectivity index (χ2v) is 4.35. The van der Waals surface area contributed by atoms with Gasteiger partial charge in [0.2, 0.25) is 0 Å². The molecular weight excluding hydrogens is 212 g/mol. The molecule has 1 aromatic carbocycles. The number of aromatic nitrogens is 1. The van der Waals surface area contributed by atoms with E-state index in [2.05, 4.69) is 22.5 Å². The third-order valence-electron chi connectivity index (χ3n) is 3.10. The summed E-state index contributed by atoms with van der Waals surface area (Å²) in [6.45, 7) is 0. The van der Waals surface area contributed by atoms with E-state index in [0.717, 1.165) is 29.4 Å². The number of nitrogens with one attached hydrogen (secondary N) is 1. The zero-order valence-corrected chi connectivity index (χ0v) is 9.43. The van der Waals surface area contributed by atoms with Crippen molar-refractivity contribution in [2.75, 3.05) is 5.32 Å². The zero-order valence-electron chi connectivity index (χ0n) is 9.43. The quantitative estimate of drug-likeness (QED) is 0.773. The van der Waals surface area contributed by atoms with Crippen LogP contribution in [0.25, 0.3) is 10.8 Å². The van der Waals surface area contributed by atoms with Gasteiger partial charge in [-0.1, -0.05) is 18.2 Å².